The Hall–Kier alpha value is -3.78. The van der Waals surface area contributed by atoms with Gasteiger partial charge in [0.05, 0.1) is 11.3 Å². The number of nitrogens with zero attached hydrogens (tertiary/aromatic N) is 1. The van der Waals surface area contributed by atoms with Gasteiger partial charge in [0, 0.05) is 16.7 Å². The summed E-state index contributed by atoms with van der Waals surface area (Å²) in [5.74, 6) is -1.01. The Balaban J connectivity index is 1.69. The summed E-state index contributed by atoms with van der Waals surface area (Å²) in [5, 5.41) is 2.64. The van der Waals surface area contributed by atoms with Crippen LogP contribution in [-0.4, -0.2) is 16.7 Å². The van der Waals surface area contributed by atoms with Gasteiger partial charge in [0.2, 0.25) is 5.78 Å². The van der Waals surface area contributed by atoms with Gasteiger partial charge >= 0.3 is 6.18 Å². The molecule has 1 aromatic heterocycles. The summed E-state index contributed by atoms with van der Waals surface area (Å²) in [7, 11) is 0. The molecule has 160 valence electrons. The van der Waals surface area contributed by atoms with Crippen molar-refractivity contribution in [3.05, 3.63) is 106 Å². The molecule has 0 unspecified atom stereocenters. The fraction of sp³-hybridized carbons (Fsp3) is 0.0417. The molecule has 4 nitrogen and oxygen atoms in total. The summed E-state index contributed by atoms with van der Waals surface area (Å²) in [6.45, 7) is 0. The molecular formula is C24H15F3N2O2S. The zero-order valence-corrected chi connectivity index (χ0v) is 17.2. The molecule has 1 amide bonds. The number of thiazole rings is 1. The molecule has 4 rings (SSSR count). The van der Waals surface area contributed by atoms with Crippen LogP contribution in [0.5, 0.6) is 0 Å². The van der Waals surface area contributed by atoms with Crippen molar-refractivity contribution in [3.63, 3.8) is 0 Å². The number of anilines is 1. The normalized spacial score (nSPS) is 11.2. The van der Waals surface area contributed by atoms with E-state index >= 15 is 0 Å². The molecule has 32 heavy (non-hydrogen) atoms. The minimum absolute atomic E-state index is 0.116. The number of hydrogen-bond acceptors (Lipinski definition) is 4. The van der Waals surface area contributed by atoms with Gasteiger partial charge in [0.1, 0.15) is 4.88 Å². The van der Waals surface area contributed by atoms with E-state index in [-0.39, 0.29) is 16.5 Å². The number of hydrogen-bond donors (Lipinski definition) is 1. The van der Waals surface area contributed by atoms with E-state index < -0.39 is 17.6 Å². The summed E-state index contributed by atoms with van der Waals surface area (Å²) in [5.41, 5.74) is 0.455. The third-order valence-corrected chi connectivity index (χ3v) is 5.56. The Labute approximate surface area is 185 Å². The number of alkyl halides is 3. The van der Waals surface area contributed by atoms with Crippen molar-refractivity contribution in [1.82, 2.24) is 4.98 Å². The summed E-state index contributed by atoms with van der Waals surface area (Å²) in [6.07, 6.45) is -4.56. The van der Waals surface area contributed by atoms with Gasteiger partial charge in [-0.15, -0.1) is 0 Å². The summed E-state index contributed by atoms with van der Waals surface area (Å²) < 4.78 is 38.9. The monoisotopic (exact) mass is 452 g/mol. The number of carbonyl (C=O) groups is 2. The molecular weight excluding hydrogens is 437 g/mol. The maximum Gasteiger partial charge on any atom is 0.416 e. The Morgan fingerprint density at radius 3 is 2.09 bits per heavy atom. The molecule has 1 heterocycles. The molecule has 1 N–H and O–H groups in total. The fourth-order valence-electron chi connectivity index (χ4n) is 3.05. The van der Waals surface area contributed by atoms with E-state index in [9.17, 15) is 22.8 Å². The average Bonchev–Trinajstić information content (AvgIpc) is 3.23. The number of halogens is 3. The molecule has 0 radical (unpaired) electrons. The molecule has 0 aliphatic carbocycles. The molecule has 0 aliphatic heterocycles. The maximum absolute atomic E-state index is 13.1. The molecule has 0 aliphatic rings. The van der Waals surface area contributed by atoms with Crippen LogP contribution in [0.4, 0.5) is 18.3 Å². The van der Waals surface area contributed by atoms with E-state index in [0.717, 1.165) is 23.5 Å². The smallest absolute Gasteiger partial charge is 0.298 e. The van der Waals surface area contributed by atoms with Crippen LogP contribution in [0.3, 0.4) is 0 Å². The number of carbonyl (C=O) groups excluding carboxylic acids is 2. The fourth-order valence-corrected chi connectivity index (χ4v) is 3.99. The minimum Gasteiger partial charge on any atom is -0.298 e. The predicted molar refractivity (Wildman–Crippen MR) is 117 cm³/mol. The number of amides is 1. The highest BCUT2D eigenvalue weighted by atomic mass is 32.1. The third-order valence-electron chi connectivity index (χ3n) is 4.59. The van der Waals surface area contributed by atoms with Crippen molar-refractivity contribution >= 4 is 28.2 Å². The topological polar surface area (TPSA) is 59.1 Å². The van der Waals surface area contributed by atoms with Crippen molar-refractivity contribution in [2.75, 3.05) is 5.32 Å². The van der Waals surface area contributed by atoms with Crippen LogP contribution in [0, 0.1) is 0 Å². The average molecular weight is 452 g/mol. The number of aromatic nitrogens is 1. The molecule has 0 atom stereocenters. The molecule has 4 aromatic rings. The second kappa shape index (κ2) is 8.76. The largest absolute Gasteiger partial charge is 0.416 e. The number of nitrogens with one attached hydrogen (secondary N) is 1. The first-order chi connectivity index (χ1) is 15.3. The second-order valence-corrected chi connectivity index (χ2v) is 7.79. The van der Waals surface area contributed by atoms with Crippen molar-refractivity contribution in [3.8, 4) is 11.3 Å². The summed E-state index contributed by atoms with van der Waals surface area (Å²) in [4.78, 5) is 30.4. The third kappa shape index (κ3) is 4.60. The summed E-state index contributed by atoms with van der Waals surface area (Å²) >= 11 is 0.975. The van der Waals surface area contributed by atoms with Gasteiger partial charge < -0.3 is 0 Å². The molecule has 0 saturated heterocycles. The van der Waals surface area contributed by atoms with Gasteiger partial charge in [-0.2, -0.15) is 13.2 Å². The van der Waals surface area contributed by atoms with Crippen molar-refractivity contribution in [2.45, 2.75) is 6.18 Å². The van der Waals surface area contributed by atoms with Crippen molar-refractivity contribution < 1.29 is 22.8 Å². The zero-order chi connectivity index (χ0) is 22.7. The molecule has 0 spiro atoms. The first-order valence-electron chi connectivity index (χ1n) is 9.47. The molecule has 3 aromatic carbocycles. The zero-order valence-electron chi connectivity index (χ0n) is 16.4. The lowest BCUT2D eigenvalue weighted by Crippen LogP contribution is -2.13. The molecule has 0 bridgehead atoms. The van der Waals surface area contributed by atoms with Crippen molar-refractivity contribution in [1.29, 1.82) is 0 Å². The van der Waals surface area contributed by atoms with E-state index in [1.54, 1.807) is 54.6 Å². The Morgan fingerprint density at radius 1 is 0.812 bits per heavy atom. The standard InChI is InChI=1S/C24H15F3N2O2S/c25-24(26,27)18-13-7-12-17(14-18)22(31)29-23-28-19(15-8-3-1-4-9-15)21(32-23)20(30)16-10-5-2-6-11-16/h1-14H,(H,28,29,31). The van der Waals surface area contributed by atoms with E-state index in [2.05, 4.69) is 10.3 Å². The van der Waals surface area contributed by atoms with Crippen LogP contribution in [0.15, 0.2) is 84.9 Å². The number of rotatable bonds is 5. The lowest BCUT2D eigenvalue weighted by Gasteiger charge is -2.08. The first-order valence-corrected chi connectivity index (χ1v) is 10.3. The highest BCUT2D eigenvalue weighted by molar-refractivity contribution is 7.18. The SMILES string of the molecule is O=C(Nc1nc(-c2ccccc2)c(C(=O)c2ccccc2)s1)c1cccc(C(F)(F)F)c1. The lowest BCUT2D eigenvalue weighted by molar-refractivity contribution is -0.137. The van der Waals surface area contributed by atoms with Gasteiger partial charge in [0.25, 0.3) is 5.91 Å². The Bertz CT molecular complexity index is 1270. The molecule has 8 heteroatoms. The van der Waals surface area contributed by atoms with E-state index in [4.69, 9.17) is 0 Å². The highest BCUT2D eigenvalue weighted by Gasteiger charge is 2.31. The number of ketones is 1. The summed E-state index contributed by atoms with van der Waals surface area (Å²) in [6, 6.07) is 21.7. The van der Waals surface area contributed by atoms with Gasteiger partial charge in [-0.3, -0.25) is 14.9 Å². The van der Waals surface area contributed by atoms with Gasteiger partial charge in [-0.1, -0.05) is 78.1 Å². The van der Waals surface area contributed by atoms with Gasteiger partial charge in [-0.25, -0.2) is 4.98 Å². The highest BCUT2D eigenvalue weighted by Crippen LogP contribution is 2.34. The Morgan fingerprint density at radius 2 is 1.44 bits per heavy atom. The van der Waals surface area contributed by atoms with Crippen molar-refractivity contribution in [2.24, 2.45) is 0 Å². The first kappa shape index (κ1) is 21.5. The van der Waals surface area contributed by atoms with Crippen LogP contribution in [0.25, 0.3) is 11.3 Å². The molecule has 0 saturated carbocycles. The molecule has 0 fully saturated rings. The van der Waals surface area contributed by atoms with Crippen LogP contribution >= 0.6 is 11.3 Å². The van der Waals surface area contributed by atoms with Crippen LogP contribution in [0.1, 0.15) is 31.2 Å². The van der Waals surface area contributed by atoms with Crippen LogP contribution < -0.4 is 5.32 Å². The maximum atomic E-state index is 13.1. The van der Waals surface area contributed by atoms with E-state index in [0.29, 0.717) is 21.7 Å². The van der Waals surface area contributed by atoms with E-state index in [1.165, 1.54) is 12.1 Å². The van der Waals surface area contributed by atoms with Gasteiger partial charge in [-0.05, 0) is 18.2 Å². The van der Waals surface area contributed by atoms with E-state index in [1.807, 2.05) is 6.07 Å². The predicted octanol–water partition coefficient (Wildman–Crippen LogP) is 6.31. The van der Waals surface area contributed by atoms with Gasteiger partial charge in [0.15, 0.2) is 5.13 Å². The Kier molecular flexibility index (Phi) is 5.87. The minimum atomic E-state index is -4.56. The van der Waals surface area contributed by atoms with Crippen LogP contribution in [-0.2, 0) is 6.18 Å². The number of benzene rings is 3. The quantitative estimate of drug-likeness (QED) is 0.361. The second-order valence-electron chi connectivity index (χ2n) is 6.79. The lowest BCUT2D eigenvalue weighted by atomic mass is 10.1. The van der Waals surface area contributed by atoms with Crippen LogP contribution in [0.2, 0.25) is 0 Å².